The Morgan fingerprint density at radius 2 is 1.11 bits per heavy atom. The average molecular weight is 846 g/mol. The highest BCUT2D eigenvalue weighted by molar-refractivity contribution is 9.10. The van der Waals surface area contributed by atoms with Crippen LogP contribution in [0.2, 0.25) is 0 Å². The van der Waals surface area contributed by atoms with Crippen LogP contribution in [0.25, 0.3) is 0 Å². The van der Waals surface area contributed by atoms with E-state index in [1.54, 1.807) is 24.3 Å². The smallest absolute Gasteiger partial charge is 0.325 e. The van der Waals surface area contributed by atoms with Crippen molar-refractivity contribution >= 4 is 69.2 Å². The minimum absolute atomic E-state index is 0.0250. The number of carboxylic acids is 2. The van der Waals surface area contributed by atoms with E-state index in [1.807, 2.05) is 0 Å². The van der Waals surface area contributed by atoms with E-state index < -0.39 is 110 Å². The van der Waals surface area contributed by atoms with Gasteiger partial charge in [-0.15, -0.1) is 0 Å². The van der Waals surface area contributed by atoms with Crippen LogP contribution in [0.5, 0.6) is 0 Å². The molecule has 7 amide bonds. The van der Waals surface area contributed by atoms with Gasteiger partial charge in [0.15, 0.2) is 0 Å². The Morgan fingerprint density at radius 1 is 0.655 bits per heavy atom. The summed E-state index contributed by atoms with van der Waals surface area (Å²) < 4.78 is 0.776. The Morgan fingerprint density at radius 3 is 1.58 bits per heavy atom. The summed E-state index contributed by atoms with van der Waals surface area (Å²) in [4.78, 5) is 111. The lowest BCUT2D eigenvalue weighted by Crippen LogP contribution is -2.60. The summed E-state index contributed by atoms with van der Waals surface area (Å²) in [7, 11) is 1.42. The number of likely N-dealkylation sites (N-methyl/N-ethyl adjacent to an activating group) is 1. The standard InChI is InChI=1S/C33H49BrN8O13/c1-17(33(54)55)38-29(50)22(11-13-26(46)47)40-32(53)24(16-44)42-30(51)21(5-3-4-14-37-27(48)18-6-8-19(34)9-7-18)39-31(52)23(15-43)41-28(49)20(36-2)10-12-25(35)45/h6-9,17,20-24,36,43-44H,3-5,10-16H2,1-2H3,(H2,35,45)(H,37,48)(H,38,50)(H,39,52)(H,40,53)(H,41,49)(H,42,51)(H,46,47)(H,54,55)/t17-,20-,21-,22-,23-,24-/m0/s1. The maximum atomic E-state index is 13.5. The third-order valence-electron chi connectivity index (χ3n) is 7.93. The van der Waals surface area contributed by atoms with Gasteiger partial charge in [-0.2, -0.15) is 0 Å². The zero-order valence-corrected chi connectivity index (χ0v) is 31.8. The van der Waals surface area contributed by atoms with Crippen molar-refractivity contribution in [3.63, 3.8) is 0 Å². The second kappa shape index (κ2) is 25.0. The third-order valence-corrected chi connectivity index (χ3v) is 8.46. The second-order valence-electron chi connectivity index (χ2n) is 12.2. The van der Waals surface area contributed by atoms with Gasteiger partial charge in [0.05, 0.1) is 19.3 Å². The average Bonchev–Trinajstić information content (AvgIpc) is 3.13. The summed E-state index contributed by atoms with van der Waals surface area (Å²) in [6.45, 7) is -0.660. The number of halogens is 1. The lowest BCUT2D eigenvalue weighted by atomic mass is 10.1. The number of carboxylic acid groups (broad SMARTS) is 2. The van der Waals surface area contributed by atoms with E-state index in [0.29, 0.717) is 12.0 Å². The molecule has 22 heteroatoms. The zero-order chi connectivity index (χ0) is 41.7. The van der Waals surface area contributed by atoms with E-state index in [-0.39, 0.29) is 38.1 Å². The number of unbranched alkanes of at least 4 members (excludes halogenated alkanes) is 1. The molecular formula is C33H49BrN8O13. The van der Waals surface area contributed by atoms with E-state index in [9.17, 15) is 53.4 Å². The summed E-state index contributed by atoms with van der Waals surface area (Å²) >= 11 is 3.29. The number of hydrogen-bond donors (Lipinski definition) is 12. The van der Waals surface area contributed by atoms with Gasteiger partial charge in [0, 0.05) is 29.4 Å². The molecular weight excluding hydrogens is 796 g/mol. The number of carbonyl (C=O) groups is 9. The van der Waals surface area contributed by atoms with Crippen LogP contribution in [0.4, 0.5) is 0 Å². The molecule has 6 atom stereocenters. The van der Waals surface area contributed by atoms with Crippen LogP contribution in [0.15, 0.2) is 28.7 Å². The monoisotopic (exact) mass is 844 g/mol. The summed E-state index contributed by atoms with van der Waals surface area (Å²) in [5, 5.41) is 54.7. The number of nitrogens with two attached hydrogens (primary N) is 1. The fourth-order valence-electron chi connectivity index (χ4n) is 4.73. The second-order valence-corrected chi connectivity index (χ2v) is 13.1. The number of amides is 7. The molecule has 306 valence electrons. The predicted octanol–water partition coefficient (Wildman–Crippen LogP) is -3.42. The molecule has 0 fully saturated rings. The molecule has 0 bridgehead atoms. The fourth-order valence-corrected chi connectivity index (χ4v) is 4.99. The largest absolute Gasteiger partial charge is 0.481 e. The molecule has 0 radical (unpaired) electrons. The van der Waals surface area contributed by atoms with E-state index in [2.05, 4.69) is 53.1 Å². The quantitative estimate of drug-likeness (QED) is 0.0405. The number of aliphatic carboxylic acids is 2. The van der Waals surface area contributed by atoms with Crippen molar-refractivity contribution in [2.24, 2.45) is 5.73 Å². The van der Waals surface area contributed by atoms with Crippen molar-refractivity contribution in [2.75, 3.05) is 26.8 Å². The molecule has 1 aromatic carbocycles. The van der Waals surface area contributed by atoms with Crippen molar-refractivity contribution in [1.82, 2.24) is 37.2 Å². The van der Waals surface area contributed by atoms with Crippen LogP contribution in [0.3, 0.4) is 0 Å². The number of carbonyl (C=O) groups excluding carboxylic acids is 7. The highest BCUT2D eigenvalue weighted by atomic mass is 79.9. The first-order valence-electron chi connectivity index (χ1n) is 17.1. The highest BCUT2D eigenvalue weighted by Gasteiger charge is 2.32. The summed E-state index contributed by atoms with van der Waals surface area (Å²) in [5.41, 5.74) is 5.54. The molecule has 55 heavy (non-hydrogen) atoms. The molecule has 0 saturated heterocycles. The third kappa shape index (κ3) is 18.1. The summed E-state index contributed by atoms with van der Waals surface area (Å²) in [6.07, 6.45) is -0.907. The molecule has 0 aliphatic rings. The van der Waals surface area contributed by atoms with Gasteiger partial charge in [0.2, 0.25) is 35.4 Å². The number of hydrogen-bond acceptors (Lipinski definition) is 12. The number of benzene rings is 1. The van der Waals surface area contributed by atoms with Crippen LogP contribution in [-0.4, -0.2) is 137 Å². The summed E-state index contributed by atoms with van der Waals surface area (Å²) in [6, 6.07) is -2.19. The van der Waals surface area contributed by atoms with Crippen LogP contribution in [-0.2, 0) is 38.4 Å². The van der Waals surface area contributed by atoms with Gasteiger partial charge in [-0.1, -0.05) is 15.9 Å². The Hall–Kier alpha value is -5.19. The van der Waals surface area contributed by atoms with Gasteiger partial charge in [0.1, 0.15) is 30.2 Å². The van der Waals surface area contributed by atoms with Crippen molar-refractivity contribution in [3.8, 4) is 0 Å². The maximum Gasteiger partial charge on any atom is 0.325 e. The summed E-state index contributed by atoms with van der Waals surface area (Å²) in [5.74, 6) is -8.79. The van der Waals surface area contributed by atoms with E-state index >= 15 is 0 Å². The van der Waals surface area contributed by atoms with E-state index in [4.69, 9.17) is 15.9 Å². The predicted molar refractivity (Wildman–Crippen MR) is 196 cm³/mol. The van der Waals surface area contributed by atoms with E-state index in [0.717, 1.165) is 11.4 Å². The Labute approximate surface area is 324 Å². The Kier molecular flexibility index (Phi) is 21.7. The normalized spacial score (nSPS) is 14.1. The first-order chi connectivity index (χ1) is 25.9. The molecule has 0 aliphatic carbocycles. The lowest BCUT2D eigenvalue weighted by Gasteiger charge is -2.26. The molecule has 0 saturated carbocycles. The fraction of sp³-hybridized carbons (Fsp3) is 0.545. The van der Waals surface area contributed by atoms with Gasteiger partial charge in [0.25, 0.3) is 5.91 Å². The first-order valence-corrected chi connectivity index (χ1v) is 17.9. The molecule has 1 aromatic rings. The van der Waals surface area contributed by atoms with Gasteiger partial charge in [-0.3, -0.25) is 43.2 Å². The van der Waals surface area contributed by atoms with E-state index in [1.165, 1.54) is 7.05 Å². The Bertz CT molecular complexity index is 1510. The van der Waals surface area contributed by atoms with Crippen molar-refractivity contribution < 1.29 is 63.6 Å². The van der Waals surface area contributed by atoms with Crippen LogP contribution in [0, 0.1) is 0 Å². The number of primary amides is 1. The molecule has 0 spiro atoms. The van der Waals surface area contributed by atoms with Crippen LogP contribution >= 0.6 is 15.9 Å². The van der Waals surface area contributed by atoms with Crippen molar-refractivity contribution in [3.05, 3.63) is 34.3 Å². The van der Waals surface area contributed by atoms with Crippen LogP contribution < -0.4 is 43.0 Å². The first kappa shape index (κ1) is 47.8. The van der Waals surface area contributed by atoms with Gasteiger partial charge >= 0.3 is 11.9 Å². The van der Waals surface area contributed by atoms with Gasteiger partial charge in [-0.05, 0) is 70.3 Å². The number of rotatable bonds is 26. The Balaban J connectivity index is 3.15. The van der Waals surface area contributed by atoms with Crippen molar-refractivity contribution in [2.45, 2.75) is 88.1 Å². The molecule has 0 aliphatic heterocycles. The molecule has 0 unspecified atom stereocenters. The molecule has 0 aromatic heterocycles. The zero-order valence-electron chi connectivity index (χ0n) is 30.3. The van der Waals surface area contributed by atoms with Crippen LogP contribution in [0.1, 0.15) is 62.2 Å². The SMILES string of the molecule is CN[C@@H](CCC(N)=O)C(=O)N[C@@H](CO)C(=O)N[C@@H](CCCCNC(=O)c1ccc(Br)cc1)C(=O)N[C@@H](CO)C(=O)N[C@@H](CCC(=O)O)C(=O)N[C@@H](C)C(=O)O. The molecule has 0 heterocycles. The molecule has 13 N–H and O–H groups in total. The number of nitrogens with one attached hydrogen (secondary N) is 7. The number of aliphatic hydroxyl groups excluding tert-OH is 2. The van der Waals surface area contributed by atoms with Crippen molar-refractivity contribution in [1.29, 1.82) is 0 Å². The topological polar surface area (TPSA) is 345 Å². The minimum Gasteiger partial charge on any atom is -0.481 e. The van der Waals surface area contributed by atoms with Gasteiger partial charge < -0.3 is 63.4 Å². The molecule has 21 nitrogen and oxygen atoms in total. The maximum absolute atomic E-state index is 13.5. The highest BCUT2D eigenvalue weighted by Crippen LogP contribution is 2.11. The van der Waals surface area contributed by atoms with Gasteiger partial charge in [-0.25, -0.2) is 0 Å². The molecule has 1 rings (SSSR count). The lowest BCUT2D eigenvalue weighted by molar-refractivity contribution is -0.142. The minimum atomic E-state index is -1.76. The number of aliphatic hydroxyl groups is 2.